The highest BCUT2D eigenvalue weighted by molar-refractivity contribution is 6.07. The van der Waals surface area contributed by atoms with E-state index in [4.69, 9.17) is 0 Å². The molecule has 1 aliphatic rings. The first-order chi connectivity index (χ1) is 8.86. The Bertz CT molecular complexity index is 752. The number of hydrogen-bond acceptors (Lipinski definition) is 1. The lowest BCUT2D eigenvalue weighted by Crippen LogP contribution is -2.28. The van der Waals surface area contributed by atoms with Crippen LogP contribution in [0.3, 0.4) is 0 Å². The zero-order chi connectivity index (χ0) is 12.1. The minimum absolute atomic E-state index is 0.938. The molecule has 0 aliphatic carbocycles. The summed E-state index contributed by atoms with van der Waals surface area (Å²) in [6.45, 7) is 4.29. The molecular weight excluding hydrogens is 220 g/mol. The highest BCUT2D eigenvalue weighted by atomic mass is 15.1. The third kappa shape index (κ3) is 1.21. The Morgan fingerprint density at radius 3 is 2.89 bits per heavy atom. The van der Waals surface area contributed by atoms with E-state index < -0.39 is 0 Å². The Balaban J connectivity index is 2.24. The van der Waals surface area contributed by atoms with Gasteiger partial charge in [-0.15, -0.1) is 0 Å². The summed E-state index contributed by atoms with van der Waals surface area (Å²) in [5.41, 5.74) is 4.35. The molecule has 0 bridgehead atoms. The number of aryl methyl sites for hydroxylation is 1. The van der Waals surface area contributed by atoms with Crippen LogP contribution >= 0.6 is 0 Å². The Kier molecular flexibility index (Phi) is 2.03. The molecule has 0 spiro atoms. The average molecular weight is 236 g/mol. The molecule has 0 saturated carbocycles. The van der Waals surface area contributed by atoms with E-state index >= 15 is 0 Å². The predicted molar refractivity (Wildman–Crippen MR) is 75.9 cm³/mol. The van der Waals surface area contributed by atoms with E-state index in [1.165, 1.54) is 32.9 Å². The predicted octanol–water partition coefficient (Wildman–Crippen LogP) is 3.21. The van der Waals surface area contributed by atoms with Gasteiger partial charge in [-0.25, -0.2) is 0 Å². The molecule has 0 fully saturated rings. The summed E-state index contributed by atoms with van der Waals surface area (Å²) in [7, 11) is 0. The van der Waals surface area contributed by atoms with Gasteiger partial charge in [0, 0.05) is 29.4 Å². The standard InChI is InChI=1S/C16H16N2/c1-11-13-7-6-12-4-2-3-5-14(12)16(13)18-10-17-9-8-15(11)18/h2-7,17H,8-10H2,1H3. The van der Waals surface area contributed by atoms with Crippen molar-refractivity contribution in [1.29, 1.82) is 0 Å². The summed E-state index contributed by atoms with van der Waals surface area (Å²) in [6, 6.07) is 13.2. The Morgan fingerprint density at radius 1 is 1.06 bits per heavy atom. The highest BCUT2D eigenvalue weighted by Crippen LogP contribution is 2.32. The minimum atomic E-state index is 0.938. The van der Waals surface area contributed by atoms with Crippen LogP contribution in [-0.4, -0.2) is 11.1 Å². The molecule has 0 amide bonds. The molecule has 0 saturated heterocycles. The topological polar surface area (TPSA) is 17.0 Å². The molecule has 0 unspecified atom stereocenters. The van der Waals surface area contributed by atoms with E-state index in [0.717, 1.165) is 19.6 Å². The van der Waals surface area contributed by atoms with Crippen LogP contribution < -0.4 is 5.32 Å². The Hall–Kier alpha value is -1.80. The van der Waals surface area contributed by atoms with E-state index in [9.17, 15) is 0 Å². The number of nitrogens with zero attached hydrogens (tertiary/aromatic N) is 1. The van der Waals surface area contributed by atoms with Crippen molar-refractivity contribution in [3.05, 3.63) is 47.7 Å². The molecule has 18 heavy (non-hydrogen) atoms. The summed E-state index contributed by atoms with van der Waals surface area (Å²) < 4.78 is 2.45. The molecule has 2 heteroatoms. The lowest BCUT2D eigenvalue weighted by atomic mass is 10.1. The fourth-order valence-electron chi connectivity index (χ4n) is 3.24. The van der Waals surface area contributed by atoms with Gasteiger partial charge in [-0.05, 0) is 17.9 Å². The Labute approximate surface area is 106 Å². The van der Waals surface area contributed by atoms with Crippen molar-refractivity contribution in [3.8, 4) is 0 Å². The fourth-order valence-corrected chi connectivity index (χ4v) is 3.24. The van der Waals surface area contributed by atoms with E-state index in [2.05, 4.69) is 53.2 Å². The molecule has 90 valence electrons. The number of benzene rings is 2. The third-order valence-electron chi connectivity index (χ3n) is 4.14. The largest absolute Gasteiger partial charge is 0.330 e. The number of rotatable bonds is 0. The lowest BCUT2D eigenvalue weighted by Gasteiger charge is -2.18. The van der Waals surface area contributed by atoms with Crippen LogP contribution in [0.1, 0.15) is 11.3 Å². The molecule has 1 aromatic heterocycles. The van der Waals surface area contributed by atoms with Crippen molar-refractivity contribution in [2.24, 2.45) is 0 Å². The summed E-state index contributed by atoms with van der Waals surface area (Å²) in [6.07, 6.45) is 1.13. The second kappa shape index (κ2) is 3.59. The van der Waals surface area contributed by atoms with Gasteiger partial charge >= 0.3 is 0 Å². The van der Waals surface area contributed by atoms with Crippen LogP contribution in [-0.2, 0) is 13.1 Å². The van der Waals surface area contributed by atoms with Crippen LogP contribution in [0.2, 0.25) is 0 Å². The molecule has 2 heterocycles. The number of hydrogen-bond donors (Lipinski definition) is 1. The van der Waals surface area contributed by atoms with Gasteiger partial charge in [-0.2, -0.15) is 0 Å². The summed E-state index contributed by atoms with van der Waals surface area (Å²) in [4.78, 5) is 0. The quantitative estimate of drug-likeness (QED) is 0.634. The molecule has 3 aromatic rings. The Morgan fingerprint density at radius 2 is 1.94 bits per heavy atom. The van der Waals surface area contributed by atoms with Gasteiger partial charge in [-0.1, -0.05) is 36.4 Å². The van der Waals surface area contributed by atoms with Crippen molar-refractivity contribution < 1.29 is 0 Å². The van der Waals surface area contributed by atoms with Crippen molar-refractivity contribution in [1.82, 2.24) is 9.88 Å². The zero-order valence-corrected chi connectivity index (χ0v) is 10.5. The maximum absolute atomic E-state index is 3.47. The smallest absolute Gasteiger partial charge is 0.0729 e. The number of aromatic nitrogens is 1. The molecule has 0 radical (unpaired) electrons. The number of fused-ring (bicyclic) bond motifs is 5. The van der Waals surface area contributed by atoms with Gasteiger partial charge in [0.05, 0.1) is 12.2 Å². The average Bonchev–Trinajstić information content (AvgIpc) is 2.73. The maximum Gasteiger partial charge on any atom is 0.0729 e. The maximum atomic E-state index is 3.47. The van der Waals surface area contributed by atoms with Crippen LogP contribution in [0.4, 0.5) is 0 Å². The minimum Gasteiger partial charge on any atom is -0.330 e. The second-order valence-electron chi connectivity index (χ2n) is 5.09. The SMILES string of the molecule is Cc1c2n(c3c1ccc1ccccc13)CNCC2. The van der Waals surface area contributed by atoms with Gasteiger partial charge in [0.1, 0.15) is 0 Å². The normalized spacial score (nSPS) is 15.2. The lowest BCUT2D eigenvalue weighted by molar-refractivity contribution is 0.505. The van der Waals surface area contributed by atoms with Gasteiger partial charge in [-0.3, -0.25) is 5.32 Å². The molecule has 0 atom stereocenters. The number of nitrogens with one attached hydrogen (secondary N) is 1. The summed E-state index contributed by atoms with van der Waals surface area (Å²) in [5.74, 6) is 0. The van der Waals surface area contributed by atoms with Gasteiger partial charge < -0.3 is 4.57 Å². The molecule has 1 N–H and O–H groups in total. The van der Waals surface area contributed by atoms with Crippen LogP contribution in [0.25, 0.3) is 21.7 Å². The fraction of sp³-hybridized carbons (Fsp3) is 0.250. The summed E-state index contributed by atoms with van der Waals surface area (Å²) >= 11 is 0. The van der Waals surface area contributed by atoms with E-state index in [0.29, 0.717) is 0 Å². The van der Waals surface area contributed by atoms with Gasteiger partial charge in [0.25, 0.3) is 0 Å². The van der Waals surface area contributed by atoms with Crippen LogP contribution in [0.15, 0.2) is 36.4 Å². The molecule has 2 nitrogen and oxygen atoms in total. The van der Waals surface area contributed by atoms with Gasteiger partial charge in [0.15, 0.2) is 0 Å². The first-order valence-corrected chi connectivity index (χ1v) is 6.56. The van der Waals surface area contributed by atoms with Gasteiger partial charge in [0.2, 0.25) is 0 Å². The van der Waals surface area contributed by atoms with Crippen molar-refractivity contribution in [2.45, 2.75) is 20.0 Å². The molecule has 2 aromatic carbocycles. The first-order valence-electron chi connectivity index (χ1n) is 6.56. The third-order valence-corrected chi connectivity index (χ3v) is 4.14. The second-order valence-corrected chi connectivity index (χ2v) is 5.09. The van der Waals surface area contributed by atoms with Crippen molar-refractivity contribution in [2.75, 3.05) is 6.54 Å². The highest BCUT2D eigenvalue weighted by Gasteiger charge is 2.18. The van der Waals surface area contributed by atoms with E-state index in [-0.39, 0.29) is 0 Å². The monoisotopic (exact) mass is 236 g/mol. The molecule has 4 rings (SSSR count). The van der Waals surface area contributed by atoms with Crippen molar-refractivity contribution >= 4 is 21.7 Å². The van der Waals surface area contributed by atoms with Crippen molar-refractivity contribution in [3.63, 3.8) is 0 Å². The molecular formula is C16H16N2. The van der Waals surface area contributed by atoms with E-state index in [1.54, 1.807) is 0 Å². The first kappa shape index (κ1) is 10.2. The summed E-state index contributed by atoms with van der Waals surface area (Å²) in [5, 5.41) is 7.58. The van der Waals surface area contributed by atoms with Crippen LogP contribution in [0.5, 0.6) is 0 Å². The zero-order valence-electron chi connectivity index (χ0n) is 10.5. The van der Waals surface area contributed by atoms with E-state index in [1.807, 2.05) is 0 Å². The molecule has 1 aliphatic heterocycles. The van der Waals surface area contributed by atoms with Crippen LogP contribution in [0, 0.1) is 6.92 Å².